The Labute approximate surface area is 212 Å². The predicted molar refractivity (Wildman–Crippen MR) is 137 cm³/mol. The molecule has 1 N–H and O–H groups in total. The lowest BCUT2D eigenvalue weighted by atomic mass is 9.86. The fraction of sp³-hybridized carbons (Fsp3) is 0.571. The number of ether oxygens (including phenoxy) is 2. The molecular formula is C28H35FN4O3. The average molecular weight is 495 g/mol. The van der Waals surface area contributed by atoms with Gasteiger partial charge in [0, 0.05) is 24.2 Å². The van der Waals surface area contributed by atoms with Crippen LogP contribution in [0.25, 0.3) is 0 Å². The third kappa shape index (κ3) is 4.34. The van der Waals surface area contributed by atoms with E-state index < -0.39 is 0 Å². The van der Waals surface area contributed by atoms with Gasteiger partial charge in [-0.15, -0.1) is 0 Å². The molecule has 5 aliphatic rings. The molecule has 1 aromatic heterocycles. The molecule has 2 bridgehead atoms. The van der Waals surface area contributed by atoms with Crippen LogP contribution in [0.15, 0.2) is 30.5 Å². The summed E-state index contributed by atoms with van der Waals surface area (Å²) < 4.78 is 28.3. The summed E-state index contributed by atoms with van der Waals surface area (Å²) in [6, 6.07) is 7.72. The third-order valence-corrected chi connectivity index (χ3v) is 8.09. The summed E-state index contributed by atoms with van der Waals surface area (Å²) in [5.74, 6) is 0.161. The molecule has 1 aliphatic carbocycles. The van der Waals surface area contributed by atoms with Gasteiger partial charge in [0.25, 0.3) is 0 Å². The maximum atomic E-state index is 16.5. The van der Waals surface area contributed by atoms with E-state index in [1.807, 2.05) is 38.1 Å². The molecule has 1 aromatic carbocycles. The lowest BCUT2D eigenvalue weighted by Crippen LogP contribution is -2.55. The number of fused-ring (bicyclic) bond motifs is 5. The van der Waals surface area contributed by atoms with Crippen LogP contribution in [0.4, 0.5) is 27.3 Å². The fourth-order valence-electron chi connectivity index (χ4n) is 6.28. The first-order chi connectivity index (χ1) is 17.5. The van der Waals surface area contributed by atoms with Gasteiger partial charge in [0.2, 0.25) is 5.91 Å². The summed E-state index contributed by atoms with van der Waals surface area (Å²) in [6.07, 6.45) is 7.46. The van der Waals surface area contributed by atoms with Crippen LogP contribution in [0.2, 0.25) is 0 Å². The molecule has 2 unspecified atom stereocenters. The Bertz CT molecular complexity index is 1130. The summed E-state index contributed by atoms with van der Waals surface area (Å²) in [6.45, 7) is 5.69. The minimum Gasteiger partial charge on any atom is -0.376 e. The number of hydrogen-bond acceptors (Lipinski definition) is 6. The lowest BCUT2D eigenvalue weighted by molar-refractivity contribution is -0.124. The Kier molecular flexibility index (Phi) is 6.33. The lowest BCUT2D eigenvalue weighted by Gasteiger charge is -2.46. The number of rotatable bonds is 4. The van der Waals surface area contributed by atoms with Gasteiger partial charge in [-0.2, -0.15) is 0 Å². The van der Waals surface area contributed by atoms with Crippen LogP contribution in [0.5, 0.6) is 0 Å². The Balaban J connectivity index is 1.34. The highest BCUT2D eigenvalue weighted by Crippen LogP contribution is 2.44. The quantitative estimate of drug-likeness (QED) is 0.633. The van der Waals surface area contributed by atoms with Gasteiger partial charge in [0.05, 0.1) is 48.9 Å². The highest BCUT2D eigenvalue weighted by atomic mass is 19.1. The summed E-state index contributed by atoms with van der Waals surface area (Å²) in [7, 11) is 0. The number of amides is 1. The molecule has 0 radical (unpaired) electrons. The molecule has 192 valence electrons. The first kappa shape index (κ1) is 23.7. The Morgan fingerprint density at radius 1 is 1.17 bits per heavy atom. The van der Waals surface area contributed by atoms with Crippen LogP contribution in [0.1, 0.15) is 57.9 Å². The van der Waals surface area contributed by atoms with E-state index in [1.165, 1.54) is 0 Å². The van der Waals surface area contributed by atoms with Gasteiger partial charge in [0.1, 0.15) is 11.5 Å². The number of aromatic nitrogens is 1. The number of nitrogens with zero attached hydrogens (tertiary/aromatic N) is 3. The molecular weight excluding hydrogens is 459 g/mol. The molecule has 7 nitrogen and oxygen atoms in total. The van der Waals surface area contributed by atoms with Crippen molar-refractivity contribution in [1.29, 1.82) is 0 Å². The number of carbonyl (C=O) groups excluding carboxylic acids is 1. The van der Waals surface area contributed by atoms with E-state index in [2.05, 4.69) is 15.2 Å². The van der Waals surface area contributed by atoms with Crippen molar-refractivity contribution in [3.8, 4) is 0 Å². The molecule has 2 atom stereocenters. The maximum Gasteiger partial charge on any atom is 0.230 e. The van der Waals surface area contributed by atoms with Crippen molar-refractivity contribution in [3.63, 3.8) is 0 Å². The summed E-state index contributed by atoms with van der Waals surface area (Å²) in [5.41, 5.74) is 2.35. The normalized spacial score (nSPS) is 27.3. The van der Waals surface area contributed by atoms with Crippen molar-refractivity contribution in [3.05, 3.63) is 41.8 Å². The Morgan fingerprint density at radius 2 is 2.00 bits per heavy atom. The zero-order chi connectivity index (χ0) is 24.8. The second-order valence-electron chi connectivity index (χ2n) is 10.9. The zero-order valence-corrected chi connectivity index (χ0v) is 21.1. The molecule has 1 saturated carbocycles. The van der Waals surface area contributed by atoms with E-state index >= 15 is 4.39 Å². The minimum absolute atomic E-state index is 0.0164. The number of hydrogen-bond donors (Lipinski definition) is 1. The van der Waals surface area contributed by atoms with Gasteiger partial charge in [-0.05, 0) is 70.6 Å². The highest BCUT2D eigenvalue weighted by Gasteiger charge is 2.39. The molecule has 0 spiro atoms. The first-order valence-electron chi connectivity index (χ1n) is 13.4. The summed E-state index contributed by atoms with van der Waals surface area (Å²) in [4.78, 5) is 22.3. The van der Waals surface area contributed by atoms with E-state index in [0.29, 0.717) is 42.6 Å². The monoisotopic (exact) mass is 494 g/mol. The summed E-state index contributed by atoms with van der Waals surface area (Å²) in [5, 5.41) is 3.32. The maximum absolute atomic E-state index is 16.5. The predicted octanol–water partition coefficient (Wildman–Crippen LogP) is 5.16. The van der Waals surface area contributed by atoms with Gasteiger partial charge in [-0.25, -0.2) is 9.37 Å². The Morgan fingerprint density at radius 3 is 2.69 bits per heavy atom. The van der Waals surface area contributed by atoms with Crippen molar-refractivity contribution < 1.29 is 18.7 Å². The second-order valence-corrected chi connectivity index (χ2v) is 10.9. The van der Waals surface area contributed by atoms with E-state index in [0.717, 1.165) is 44.1 Å². The van der Waals surface area contributed by atoms with Crippen LogP contribution >= 0.6 is 0 Å². The number of benzene rings is 1. The largest absolute Gasteiger partial charge is 0.376 e. The molecule has 1 amide bonds. The van der Waals surface area contributed by atoms with Gasteiger partial charge >= 0.3 is 0 Å². The highest BCUT2D eigenvalue weighted by molar-refractivity contribution is 6.00. The molecule has 3 saturated heterocycles. The van der Waals surface area contributed by atoms with Crippen molar-refractivity contribution in [1.82, 2.24) is 4.98 Å². The van der Waals surface area contributed by atoms with Crippen LogP contribution in [-0.2, 0) is 20.8 Å². The second kappa shape index (κ2) is 9.63. The van der Waals surface area contributed by atoms with Crippen molar-refractivity contribution in [2.24, 2.45) is 5.92 Å². The van der Waals surface area contributed by atoms with Crippen LogP contribution in [0.3, 0.4) is 0 Å². The molecule has 8 heteroatoms. The number of nitrogens with one attached hydrogen (secondary N) is 1. The topological polar surface area (TPSA) is 66.9 Å². The first-order valence-corrected chi connectivity index (χ1v) is 13.4. The molecule has 4 fully saturated rings. The number of halogens is 1. The zero-order valence-electron chi connectivity index (χ0n) is 21.1. The van der Waals surface area contributed by atoms with Crippen molar-refractivity contribution in [2.75, 3.05) is 28.3 Å². The van der Waals surface area contributed by atoms with Gasteiger partial charge in [0.15, 0.2) is 5.82 Å². The number of piperidine rings is 1. The van der Waals surface area contributed by atoms with E-state index in [9.17, 15) is 4.79 Å². The molecule has 4 aliphatic heterocycles. The molecule has 36 heavy (non-hydrogen) atoms. The SMILES string of the molecule is CC(C)O[C@H]1CC[C@H](C(=O)N2Cc3cccnc3Nc3ccc(N4CC5CCC4CO5)c(F)c32)CC1. The van der Waals surface area contributed by atoms with Crippen LogP contribution in [0, 0.1) is 11.7 Å². The van der Waals surface area contributed by atoms with Crippen LogP contribution < -0.4 is 15.1 Å². The van der Waals surface area contributed by atoms with E-state index in [1.54, 1.807) is 11.1 Å². The minimum atomic E-state index is -0.342. The van der Waals surface area contributed by atoms with Gasteiger partial charge in [-0.1, -0.05) is 6.07 Å². The van der Waals surface area contributed by atoms with Crippen molar-refractivity contribution in [2.45, 2.75) is 83.3 Å². The van der Waals surface area contributed by atoms with E-state index in [-0.39, 0.29) is 42.0 Å². The Hall–Kier alpha value is -2.71. The molecule has 5 heterocycles. The molecule has 2 aromatic rings. The number of anilines is 4. The standard InChI is InChI=1S/C28H35FN4O3/c1-17(2)36-21-8-5-18(6-9-21)28(34)33-14-19-4-3-13-30-27(19)31-23-11-12-24(25(29)26(23)33)32-15-22-10-7-20(32)16-35-22/h3-4,11-13,17-18,20-22H,5-10,14-16H2,1-2H3,(H,30,31)/t18-,20?,21-,22?. The number of morpholine rings is 1. The van der Waals surface area contributed by atoms with Crippen molar-refractivity contribution >= 4 is 28.8 Å². The molecule has 7 rings (SSSR count). The van der Waals surface area contributed by atoms with Gasteiger partial charge < -0.3 is 24.6 Å². The van der Waals surface area contributed by atoms with E-state index in [4.69, 9.17) is 9.47 Å². The fourth-order valence-corrected chi connectivity index (χ4v) is 6.28. The van der Waals surface area contributed by atoms with Gasteiger partial charge in [-0.3, -0.25) is 4.79 Å². The number of carbonyl (C=O) groups is 1. The van der Waals surface area contributed by atoms with Crippen LogP contribution in [-0.4, -0.2) is 48.4 Å². The number of pyridine rings is 1. The smallest absolute Gasteiger partial charge is 0.230 e. The summed E-state index contributed by atoms with van der Waals surface area (Å²) >= 11 is 0. The average Bonchev–Trinajstić information content (AvgIpc) is 3.06. The third-order valence-electron chi connectivity index (χ3n) is 8.09.